The second-order valence-electron chi connectivity index (χ2n) is 1.13. The smallest absolute Gasteiger partial charge is 0.384 e. The zero-order chi connectivity index (χ0) is 5.11. The fourth-order valence-electron chi connectivity index (χ4n) is 0.301. The second kappa shape index (κ2) is 6.07. The van der Waals surface area contributed by atoms with Crippen LogP contribution in [0, 0.1) is 0 Å². The van der Waals surface area contributed by atoms with Crippen LogP contribution >= 0.6 is 0 Å². The standard InChI is InChI=1S/C4H5N3.BH4.Na/c5-4-1-2-6-3-7-4;;/h1-3H,(H2,5,6,7);1H4;/q;-1;+1. The van der Waals surface area contributed by atoms with E-state index in [-0.39, 0.29) is 38.0 Å². The zero-order valence-corrected chi connectivity index (χ0v) is 6.70. The number of hydrogen-bond donors (Lipinski definition) is 1. The average molecular weight is 133 g/mol. The third-order valence-electron chi connectivity index (χ3n) is 0.605. The molecule has 1 aromatic heterocycles. The molecule has 1 rings (SSSR count). The maximum absolute atomic E-state index is 5.21. The van der Waals surface area contributed by atoms with Gasteiger partial charge in [0.15, 0.2) is 0 Å². The Balaban J connectivity index is 0. The number of rotatable bonds is 0. The Labute approximate surface area is 77.9 Å². The quantitative estimate of drug-likeness (QED) is 0.363. The van der Waals surface area contributed by atoms with Crippen molar-refractivity contribution in [1.29, 1.82) is 0 Å². The molecule has 0 radical (unpaired) electrons. The topological polar surface area (TPSA) is 51.8 Å². The fourth-order valence-corrected chi connectivity index (χ4v) is 0.301. The van der Waals surface area contributed by atoms with E-state index in [1.807, 2.05) is 0 Å². The summed E-state index contributed by atoms with van der Waals surface area (Å²) in [7, 11) is 0. The van der Waals surface area contributed by atoms with Crippen LogP contribution in [-0.4, -0.2) is 18.4 Å². The third kappa shape index (κ3) is 4.45. The zero-order valence-electron chi connectivity index (χ0n) is 4.70. The molecule has 0 saturated carbocycles. The van der Waals surface area contributed by atoms with Crippen molar-refractivity contribution in [2.45, 2.75) is 0 Å². The Morgan fingerprint density at radius 3 is 2.33 bits per heavy atom. The van der Waals surface area contributed by atoms with E-state index in [1.165, 1.54) is 6.33 Å². The van der Waals surface area contributed by atoms with E-state index in [4.69, 9.17) is 5.73 Å². The molecule has 0 aromatic carbocycles. The summed E-state index contributed by atoms with van der Waals surface area (Å²) in [5.41, 5.74) is 5.21. The Hall–Kier alpha value is -0.0551. The molecule has 1 aromatic rings. The number of hydrogen-bond acceptors (Lipinski definition) is 3. The van der Waals surface area contributed by atoms with Crippen molar-refractivity contribution in [2.24, 2.45) is 0 Å². The van der Waals surface area contributed by atoms with Crippen molar-refractivity contribution in [3.63, 3.8) is 0 Å². The number of aromatic nitrogens is 2. The van der Waals surface area contributed by atoms with Crippen LogP contribution in [0.4, 0.5) is 5.82 Å². The van der Waals surface area contributed by atoms with E-state index in [0.29, 0.717) is 5.82 Å². The van der Waals surface area contributed by atoms with E-state index >= 15 is 0 Å². The molecular formula is C4H9BN3Na. The summed E-state index contributed by atoms with van der Waals surface area (Å²) in [6.45, 7) is 0. The first-order valence-electron chi connectivity index (χ1n) is 1.91. The van der Waals surface area contributed by atoms with E-state index < -0.39 is 0 Å². The summed E-state index contributed by atoms with van der Waals surface area (Å²) in [5, 5.41) is 0. The van der Waals surface area contributed by atoms with Crippen molar-refractivity contribution >= 4 is 14.2 Å². The van der Waals surface area contributed by atoms with E-state index in [2.05, 4.69) is 9.97 Å². The number of nitrogen functional groups attached to an aromatic ring is 1. The molecule has 9 heavy (non-hydrogen) atoms. The van der Waals surface area contributed by atoms with Gasteiger partial charge in [-0.3, -0.25) is 0 Å². The minimum absolute atomic E-state index is 0. The fraction of sp³-hybridized carbons (Fsp3) is 0. The molecule has 0 fully saturated rings. The summed E-state index contributed by atoms with van der Waals surface area (Å²) in [6, 6.07) is 1.64. The molecule has 0 saturated heterocycles. The SMILES string of the molecule is Nc1ccncn1.[BH4-].[Na+]. The molecule has 3 nitrogen and oxygen atoms in total. The first-order valence-corrected chi connectivity index (χ1v) is 1.91. The molecule has 5 heteroatoms. The molecule has 0 aliphatic heterocycles. The maximum atomic E-state index is 5.21. The minimum Gasteiger partial charge on any atom is -0.384 e. The molecule has 0 bridgehead atoms. The van der Waals surface area contributed by atoms with Crippen LogP contribution in [0.1, 0.15) is 0 Å². The molecule has 0 aliphatic rings. The van der Waals surface area contributed by atoms with Gasteiger partial charge in [0.25, 0.3) is 0 Å². The van der Waals surface area contributed by atoms with Gasteiger partial charge in [-0.05, 0) is 6.07 Å². The normalized spacial score (nSPS) is 6.67. The molecule has 0 unspecified atom stereocenters. The largest absolute Gasteiger partial charge is 1.00 e. The van der Waals surface area contributed by atoms with Crippen LogP contribution in [0.2, 0.25) is 0 Å². The van der Waals surface area contributed by atoms with Gasteiger partial charge < -0.3 is 5.73 Å². The van der Waals surface area contributed by atoms with Gasteiger partial charge >= 0.3 is 29.6 Å². The van der Waals surface area contributed by atoms with Crippen molar-refractivity contribution in [3.05, 3.63) is 18.6 Å². The first kappa shape index (κ1) is 11.7. The van der Waals surface area contributed by atoms with E-state index in [9.17, 15) is 0 Å². The summed E-state index contributed by atoms with van der Waals surface area (Å²) in [4.78, 5) is 7.30. The van der Waals surface area contributed by atoms with Crippen molar-refractivity contribution < 1.29 is 29.6 Å². The molecule has 44 valence electrons. The first-order chi connectivity index (χ1) is 3.39. The van der Waals surface area contributed by atoms with E-state index in [1.54, 1.807) is 12.3 Å². The monoisotopic (exact) mass is 133 g/mol. The predicted octanol–water partition coefficient (Wildman–Crippen LogP) is -4.39. The van der Waals surface area contributed by atoms with Crippen LogP contribution in [0.15, 0.2) is 18.6 Å². The molecule has 0 atom stereocenters. The summed E-state index contributed by atoms with van der Waals surface area (Å²) in [5.74, 6) is 0.509. The molecule has 0 aliphatic carbocycles. The van der Waals surface area contributed by atoms with Gasteiger partial charge in [0, 0.05) is 6.20 Å². The van der Waals surface area contributed by atoms with Gasteiger partial charge in [-0.15, -0.1) is 0 Å². The maximum Gasteiger partial charge on any atom is 1.00 e. The summed E-state index contributed by atoms with van der Waals surface area (Å²) < 4.78 is 0. The van der Waals surface area contributed by atoms with Crippen LogP contribution in [-0.2, 0) is 0 Å². The van der Waals surface area contributed by atoms with Crippen molar-refractivity contribution in [1.82, 2.24) is 9.97 Å². The van der Waals surface area contributed by atoms with Crippen molar-refractivity contribution in [3.8, 4) is 0 Å². The predicted molar refractivity (Wildman–Crippen MR) is 37.8 cm³/mol. The van der Waals surface area contributed by atoms with Gasteiger partial charge in [-0.2, -0.15) is 0 Å². The Morgan fingerprint density at radius 2 is 2.11 bits per heavy atom. The van der Waals surface area contributed by atoms with Crippen LogP contribution in [0.5, 0.6) is 0 Å². The number of nitrogens with zero attached hydrogens (tertiary/aromatic N) is 2. The van der Waals surface area contributed by atoms with Gasteiger partial charge in [0.2, 0.25) is 0 Å². The Morgan fingerprint density at radius 1 is 1.44 bits per heavy atom. The third-order valence-corrected chi connectivity index (χ3v) is 0.605. The van der Waals surface area contributed by atoms with Crippen molar-refractivity contribution in [2.75, 3.05) is 5.73 Å². The molecule has 2 N–H and O–H groups in total. The minimum atomic E-state index is 0. The molecule has 0 spiro atoms. The molecular weight excluding hydrogens is 124 g/mol. The van der Waals surface area contributed by atoms with E-state index in [0.717, 1.165) is 0 Å². The van der Waals surface area contributed by atoms with Gasteiger partial charge in [-0.1, -0.05) is 8.41 Å². The summed E-state index contributed by atoms with van der Waals surface area (Å²) in [6.07, 6.45) is 3.01. The van der Waals surface area contributed by atoms with Gasteiger partial charge in [-0.25, -0.2) is 9.97 Å². The average Bonchev–Trinajstić information content (AvgIpc) is 1.69. The number of nitrogens with two attached hydrogens (primary N) is 1. The molecule has 0 amide bonds. The Bertz CT molecular complexity index is 146. The summed E-state index contributed by atoms with van der Waals surface area (Å²) >= 11 is 0. The van der Waals surface area contributed by atoms with Gasteiger partial charge in [0.05, 0.1) is 0 Å². The van der Waals surface area contributed by atoms with Crippen LogP contribution < -0.4 is 35.3 Å². The number of anilines is 1. The van der Waals surface area contributed by atoms with Crippen LogP contribution in [0.25, 0.3) is 0 Å². The molecule has 1 heterocycles. The Kier molecular flexibility index (Phi) is 7.90. The second-order valence-corrected chi connectivity index (χ2v) is 1.13. The van der Waals surface area contributed by atoms with Crippen LogP contribution in [0.3, 0.4) is 0 Å². The van der Waals surface area contributed by atoms with Gasteiger partial charge in [0.1, 0.15) is 12.1 Å².